The highest BCUT2D eigenvalue weighted by atomic mass is 16.6. The second kappa shape index (κ2) is 28.6. The first-order valence-corrected chi connectivity index (χ1v) is 31.8. The molecule has 0 spiro atoms. The fraction of sp³-hybridized carbons (Fsp3) is 0.676. The van der Waals surface area contributed by atoms with Crippen LogP contribution in [0.25, 0.3) is 0 Å². The number of Topliss-reactive ketones (excluding diaryl/α,β-unsaturated/α-hetero) is 2. The summed E-state index contributed by atoms with van der Waals surface area (Å²) in [6.07, 6.45) is 15.0. The first-order chi connectivity index (χ1) is 40.2. The average Bonchev–Trinajstić information content (AvgIpc) is 0.917. The van der Waals surface area contributed by atoms with E-state index >= 15 is 4.79 Å². The molecule has 5 aliphatic rings. The lowest BCUT2D eigenvalue weighted by atomic mass is 9.49. The third-order valence-corrected chi connectivity index (χ3v) is 19.8. The fourth-order valence-electron chi connectivity index (χ4n) is 15.2. The maximum atomic E-state index is 15.0. The minimum Gasteiger partial charge on any atom is -0.444 e. The number of aryl methyl sites for hydroxylation is 2. The Kier molecular flexibility index (Phi) is 22.3. The molecule has 0 aliphatic heterocycles. The monoisotopic (exact) mass is 1170 g/mol. The van der Waals surface area contributed by atoms with Crippen LogP contribution < -0.4 is 38.1 Å². The number of carbonyl (C=O) groups excluding carboxylic acids is 8. The molecule has 466 valence electrons. The summed E-state index contributed by atoms with van der Waals surface area (Å²) in [6.45, 7) is 17.9. The molecule has 0 aromatic heterocycles. The van der Waals surface area contributed by atoms with Gasteiger partial charge in [0.1, 0.15) is 18.3 Å². The summed E-state index contributed by atoms with van der Waals surface area (Å²) in [5.74, 6) is 3.36. The van der Waals surface area contributed by atoms with E-state index in [1.165, 1.54) is 5.56 Å². The van der Waals surface area contributed by atoms with Crippen LogP contribution in [0.5, 0.6) is 0 Å². The van der Waals surface area contributed by atoms with Gasteiger partial charge in [0, 0.05) is 43.1 Å². The molecule has 0 heterocycles. The van der Waals surface area contributed by atoms with Gasteiger partial charge >= 0.3 is 12.1 Å². The van der Waals surface area contributed by atoms with E-state index < -0.39 is 57.9 Å². The lowest BCUT2D eigenvalue weighted by Crippen LogP contribution is -2.60. The molecule has 2 aromatic rings. The summed E-state index contributed by atoms with van der Waals surface area (Å²) in [5, 5.41) is 14.5. The number of ketones is 2. The van der Waals surface area contributed by atoms with Crippen LogP contribution in [0.15, 0.2) is 36.4 Å². The van der Waals surface area contributed by atoms with Gasteiger partial charge in [-0.15, -0.1) is 5.92 Å². The van der Waals surface area contributed by atoms with E-state index in [4.69, 9.17) is 20.9 Å². The normalized spacial score (nSPS) is 26.3. The predicted octanol–water partition coefficient (Wildman–Crippen LogP) is 10.7. The van der Waals surface area contributed by atoms with E-state index in [1.807, 2.05) is 78.8 Å². The molecule has 0 saturated heterocycles. The number of amides is 7. The number of benzene rings is 2. The molecule has 7 rings (SSSR count). The quantitative estimate of drug-likeness (QED) is 0.0295. The third-order valence-electron chi connectivity index (χ3n) is 19.8. The van der Waals surface area contributed by atoms with Crippen LogP contribution in [0.2, 0.25) is 0 Å². The van der Waals surface area contributed by atoms with Crippen LogP contribution in [-0.4, -0.2) is 84.3 Å². The van der Waals surface area contributed by atoms with E-state index in [0.717, 1.165) is 93.7 Å². The van der Waals surface area contributed by atoms with E-state index in [1.54, 1.807) is 0 Å². The lowest BCUT2D eigenvalue weighted by molar-refractivity contribution is -0.150. The van der Waals surface area contributed by atoms with Gasteiger partial charge in [0.05, 0.1) is 22.9 Å². The predicted molar refractivity (Wildman–Crippen MR) is 330 cm³/mol. The Morgan fingerprint density at radius 1 is 0.706 bits per heavy atom. The summed E-state index contributed by atoms with van der Waals surface area (Å²) in [7, 11) is 0. The van der Waals surface area contributed by atoms with Crippen molar-refractivity contribution in [1.29, 1.82) is 0 Å². The summed E-state index contributed by atoms with van der Waals surface area (Å²) in [5.41, 5.74) is 14.3. The number of hydrogen-bond acceptors (Lipinski definition) is 11. The number of rotatable bonds is 24. The highest BCUT2D eigenvalue weighted by Gasteiger charge is 2.58. The van der Waals surface area contributed by atoms with Gasteiger partial charge in [-0.2, -0.15) is 0 Å². The third kappa shape index (κ3) is 16.5. The van der Waals surface area contributed by atoms with Crippen molar-refractivity contribution in [1.82, 2.24) is 16.0 Å². The second-order valence-corrected chi connectivity index (χ2v) is 27.7. The summed E-state index contributed by atoms with van der Waals surface area (Å²) in [4.78, 5) is 109. The van der Waals surface area contributed by atoms with Gasteiger partial charge in [-0.05, 0) is 192 Å². The Hall–Kier alpha value is -6.12. The molecule has 2 aromatic carbocycles. The molecule has 85 heavy (non-hydrogen) atoms. The number of fused-ring (bicyclic) bond motifs is 6. The standard InChI is InChI=1S/C68H99N7O10/c1-43(2)57(74-59(79)53(69)25-17-13-14-22-49(76)42-84-50-23-15-11-10-12-16-24-50)54(77)39-46(21-18-38-71-62(70)82)58(78)72-47-30-26-44-28-32-55-65(6,51(44)40-47)34-19-36-67(55,8)60(80)75-61(81)68(9)37-20-35-66(7)52-41-48(73-63(83)85-64(3,4)5)31-27-45(52)29-33-56(66)68/h26-27,30-31,40-41,43,46,50,53,55-57H,10-15,17-23,25,28-29,32-39,42,69H2,1-9H3,(H,72,78)(H,73,83)(H,74,79)(H3,70,71,82)(H,75,80,81)/t46-,50?,53-,55-,56-,57+,65-,66-,67+,68+/m1/s1. The molecule has 1 unspecified atom stereocenters. The molecule has 17 nitrogen and oxygen atoms in total. The van der Waals surface area contributed by atoms with Gasteiger partial charge in [-0.25, -0.2) is 9.59 Å². The summed E-state index contributed by atoms with van der Waals surface area (Å²) < 4.78 is 11.3. The zero-order valence-corrected chi connectivity index (χ0v) is 52.4. The largest absolute Gasteiger partial charge is 0.444 e. The van der Waals surface area contributed by atoms with E-state index in [0.29, 0.717) is 69.2 Å². The molecular formula is C68H99N7O10. The van der Waals surface area contributed by atoms with Gasteiger partial charge in [-0.3, -0.25) is 39.4 Å². The molecular weight excluding hydrogens is 1070 g/mol. The van der Waals surface area contributed by atoms with Crippen molar-refractivity contribution < 1.29 is 47.8 Å². The number of nitrogens with one attached hydrogen (secondary N) is 5. The molecule has 0 bridgehead atoms. The van der Waals surface area contributed by atoms with Gasteiger partial charge < -0.3 is 36.9 Å². The number of carbonyl (C=O) groups is 8. The molecule has 9 N–H and O–H groups in total. The van der Waals surface area contributed by atoms with Crippen molar-refractivity contribution in [3.63, 3.8) is 0 Å². The van der Waals surface area contributed by atoms with Crippen molar-refractivity contribution in [2.24, 2.45) is 46.0 Å². The maximum Gasteiger partial charge on any atom is 0.412 e. The topological polar surface area (TPSA) is 267 Å². The van der Waals surface area contributed by atoms with Crippen LogP contribution in [0.1, 0.15) is 219 Å². The van der Waals surface area contributed by atoms with Crippen LogP contribution in [0.3, 0.4) is 0 Å². The fourth-order valence-corrected chi connectivity index (χ4v) is 15.2. The lowest BCUT2D eigenvalue weighted by Gasteiger charge is -2.56. The molecule has 7 amide bonds. The molecule has 10 atom stereocenters. The molecule has 5 aliphatic carbocycles. The Balaban J connectivity index is 0.976. The molecule has 0 radical (unpaired) electrons. The average molecular weight is 1170 g/mol. The van der Waals surface area contributed by atoms with Crippen molar-refractivity contribution >= 4 is 58.7 Å². The number of primary amides is 1. The van der Waals surface area contributed by atoms with Crippen LogP contribution in [-0.2, 0) is 61.9 Å². The van der Waals surface area contributed by atoms with Gasteiger partial charge in [0.25, 0.3) is 0 Å². The Bertz CT molecular complexity index is 2850. The molecule has 2 fully saturated rings. The number of ether oxygens (including phenoxy) is 2. The van der Waals surface area contributed by atoms with Crippen molar-refractivity contribution in [3.8, 4) is 11.8 Å². The summed E-state index contributed by atoms with van der Waals surface area (Å²) in [6, 6.07) is 9.48. The van der Waals surface area contributed by atoms with Gasteiger partial charge in [0.15, 0.2) is 11.6 Å². The van der Waals surface area contributed by atoms with Crippen molar-refractivity contribution in [3.05, 3.63) is 58.7 Å². The first kappa shape index (κ1) is 66.4. The van der Waals surface area contributed by atoms with E-state index in [2.05, 4.69) is 58.3 Å². The number of hydrogen-bond donors (Lipinski definition) is 7. The first-order valence-electron chi connectivity index (χ1n) is 31.8. The Morgan fingerprint density at radius 2 is 1.31 bits per heavy atom. The number of imide groups is 1. The number of unbranched alkanes of at least 4 members (excludes halogenated alkanes) is 2. The zero-order valence-electron chi connectivity index (χ0n) is 52.4. The minimum atomic E-state index is -0.910. The van der Waals surface area contributed by atoms with Crippen molar-refractivity contribution in [2.45, 2.75) is 245 Å². The van der Waals surface area contributed by atoms with Gasteiger partial charge in [-0.1, -0.05) is 91.7 Å². The SMILES string of the molecule is CC(C)[C@H](NC(=O)[C@H](N)CCCCCC(=O)COC1C#CCCCCC1)C(=O)C[C@@H](CCCNC(N)=O)C(=O)Nc1ccc2c(c1)[C@@]1(C)CCC[C@](C)(C(=O)NC(=O)[C@@]3(C)CCC[C@]4(C)c5cc(NC(=O)OC(C)(C)C)ccc5CC[C@@H]34)[C@@H]1CC2. The van der Waals surface area contributed by atoms with Crippen molar-refractivity contribution in [2.75, 3.05) is 23.8 Å². The molecule has 2 saturated carbocycles. The van der Waals surface area contributed by atoms with E-state index in [9.17, 15) is 33.6 Å². The Morgan fingerprint density at radius 3 is 1.88 bits per heavy atom. The van der Waals surface area contributed by atoms with Gasteiger partial charge in [0.2, 0.25) is 23.6 Å². The van der Waals surface area contributed by atoms with Crippen LogP contribution in [0, 0.1) is 46.3 Å². The second-order valence-electron chi connectivity index (χ2n) is 27.7. The number of anilines is 2. The maximum absolute atomic E-state index is 15.0. The summed E-state index contributed by atoms with van der Waals surface area (Å²) >= 11 is 0. The van der Waals surface area contributed by atoms with Crippen LogP contribution in [0.4, 0.5) is 21.0 Å². The highest BCUT2D eigenvalue weighted by molar-refractivity contribution is 6.01. The molecule has 17 heteroatoms. The highest BCUT2D eigenvalue weighted by Crippen LogP contribution is 2.60. The minimum absolute atomic E-state index is 0.0235. The van der Waals surface area contributed by atoms with Crippen LogP contribution >= 0.6 is 0 Å². The smallest absolute Gasteiger partial charge is 0.412 e. The number of nitrogens with two attached hydrogens (primary N) is 2. The number of urea groups is 1. The van der Waals surface area contributed by atoms with E-state index in [-0.39, 0.29) is 84.6 Å². The Labute approximate surface area is 505 Å². The zero-order chi connectivity index (χ0) is 61.9.